The molecule has 6 N–H and O–H groups in total. The van der Waals surface area contributed by atoms with E-state index in [2.05, 4.69) is 23.7 Å². The maximum Gasteiger partial charge on any atom is 0.261 e. The van der Waals surface area contributed by atoms with E-state index < -0.39 is 10.1 Å². The molecule has 6 nitrogen and oxygen atoms in total. The van der Waals surface area contributed by atoms with Crippen LogP contribution in [0.5, 0.6) is 0 Å². The average molecular weight is 204 g/mol. The maximum atomic E-state index is 9.19. The Morgan fingerprint density at radius 2 is 1.36 bits per heavy atom. The zero-order chi connectivity index (χ0) is 10.1. The second-order valence-electron chi connectivity index (χ2n) is 1.14. The number of hydrogen-bond acceptors (Lipinski definition) is 4. The van der Waals surface area contributed by atoms with E-state index in [1.54, 1.807) is 0 Å². The molecule has 0 fully saturated rings. The van der Waals surface area contributed by atoms with Crippen molar-refractivity contribution in [2.45, 2.75) is 0 Å². The van der Waals surface area contributed by atoms with Gasteiger partial charge >= 0.3 is 0 Å². The van der Waals surface area contributed by atoms with Crippen molar-refractivity contribution in [1.29, 1.82) is 0 Å². The smallest absolute Gasteiger partial charge is 0.261 e. The van der Waals surface area contributed by atoms with Crippen LogP contribution in [0.2, 0.25) is 0 Å². The Hall–Kier alpha value is -0.440. The van der Waals surface area contributed by atoms with Gasteiger partial charge in [0, 0.05) is 7.11 Å². The van der Waals surface area contributed by atoms with Gasteiger partial charge in [-0.2, -0.15) is 8.42 Å². The molecule has 0 radical (unpaired) electrons. The number of nitrogens with two attached hydrogens (primary N) is 2. The van der Waals surface area contributed by atoms with Crippen molar-refractivity contribution >= 4 is 27.4 Å². The van der Waals surface area contributed by atoms with E-state index in [1.165, 1.54) is 0 Å². The fourth-order valence-electron chi connectivity index (χ4n) is 0. The van der Waals surface area contributed by atoms with Gasteiger partial charge in [-0.15, -0.1) is 0 Å². The highest BCUT2D eigenvalue weighted by atomic mass is 32.2. The van der Waals surface area contributed by atoms with Crippen LogP contribution in [-0.2, 0) is 10.1 Å². The van der Waals surface area contributed by atoms with Crippen LogP contribution >= 0.6 is 12.2 Å². The van der Waals surface area contributed by atoms with Crippen LogP contribution < -0.4 is 11.5 Å². The maximum absolute atomic E-state index is 9.19. The van der Waals surface area contributed by atoms with Crippen molar-refractivity contribution in [1.82, 2.24) is 0 Å². The number of aliphatic hydroxyl groups excluding tert-OH is 1. The summed E-state index contributed by atoms with van der Waals surface area (Å²) >= 11 is 4.09. The molecule has 0 aromatic heterocycles. The van der Waals surface area contributed by atoms with Gasteiger partial charge in [-0.1, -0.05) is 0 Å². The van der Waals surface area contributed by atoms with Gasteiger partial charge in [0.25, 0.3) is 10.1 Å². The Balaban J connectivity index is -0.0000000965. The molecule has 0 aliphatic rings. The number of aliphatic hydroxyl groups is 1. The van der Waals surface area contributed by atoms with Crippen LogP contribution in [0.4, 0.5) is 0 Å². The van der Waals surface area contributed by atoms with E-state index >= 15 is 0 Å². The highest BCUT2D eigenvalue weighted by molar-refractivity contribution is 7.85. The summed E-state index contributed by atoms with van der Waals surface area (Å²) in [5.41, 5.74) is 9.24. The van der Waals surface area contributed by atoms with Gasteiger partial charge in [0.05, 0.1) is 6.26 Å². The number of rotatable bonds is 0. The third kappa shape index (κ3) is 2820. The molecule has 0 aromatic rings. The summed E-state index contributed by atoms with van der Waals surface area (Å²) in [5, 5.41) is 7.00. The van der Waals surface area contributed by atoms with Gasteiger partial charge in [-0.05, 0) is 12.2 Å². The SMILES string of the molecule is CO.CS(=O)(=O)O.NC(N)=S. The largest absolute Gasteiger partial charge is 0.400 e. The molecular weight excluding hydrogens is 192 g/mol. The minimum atomic E-state index is -3.67. The van der Waals surface area contributed by atoms with Crippen molar-refractivity contribution < 1.29 is 18.1 Å². The number of thiocarbonyl (C=S) groups is 1. The first-order valence-electron chi connectivity index (χ1n) is 2.15. The molecule has 0 unspecified atom stereocenters. The Morgan fingerprint density at radius 1 is 1.36 bits per heavy atom. The van der Waals surface area contributed by atoms with E-state index in [0.717, 1.165) is 7.11 Å². The van der Waals surface area contributed by atoms with Crippen LogP contribution in [0.3, 0.4) is 0 Å². The normalized spacial score (nSPS) is 8.00. The fourth-order valence-corrected chi connectivity index (χ4v) is 0. The summed E-state index contributed by atoms with van der Waals surface area (Å²) < 4.78 is 25.9. The third-order valence-electron chi connectivity index (χ3n) is 0. The van der Waals surface area contributed by atoms with Crippen LogP contribution in [0, 0.1) is 0 Å². The average Bonchev–Trinajstić information content (AvgIpc) is 1.63. The van der Waals surface area contributed by atoms with Crippen LogP contribution in [-0.4, -0.2) is 36.6 Å². The van der Waals surface area contributed by atoms with E-state index in [1.807, 2.05) is 0 Å². The molecule has 8 heteroatoms. The first kappa shape index (κ1) is 16.9. The Bertz CT molecular complexity index is 164. The highest BCUT2D eigenvalue weighted by Gasteiger charge is 1.81. The van der Waals surface area contributed by atoms with E-state index in [4.69, 9.17) is 9.66 Å². The molecule has 0 heterocycles. The lowest BCUT2D eigenvalue weighted by atomic mass is 11.3. The number of hydrogen-bond donors (Lipinski definition) is 4. The molecule has 0 bridgehead atoms. The van der Waals surface area contributed by atoms with Crippen molar-refractivity contribution in [3.05, 3.63) is 0 Å². The molecule has 0 rings (SSSR count). The first-order chi connectivity index (χ1) is 4.73. The van der Waals surface area contributed by atoms with Gasteiger partial charge in [0.1, 0.15) is 0 Å². The molecule has 11 heavy (non-hydrogen) atoms. The quantitative estimate of drug-likeness (QED) is 0.273. The Kier molecular flexibility index (Phi) is 14.7. The predicted molar refractivity (Wildman–Crippen MR) is 46.6 cm³/mol. The lowest BCUT2D eigenvalue weighted by molar-refractivity contribution is 0.399. The monoisotopic (exact) mass is 204 g/mol. The minimum Gasteiger partial charge on any atom is -0.400 e. The highest BCUT2D eigenvalue weighted by Crippen LogP contribution is 1.60. The van der Waals surface area contributed by atoms with Crippen LogP contribution in [0.25, 0.3) is 0 Å². The van der Waals surface area contributed by atoms with Gasteiger partial charge < -0.3 is 16.6 Å². The predicted octanol–water partition coefficient (Wildman–Crippen LogP) is -1.70. The zero-order valence-electron chi connectivity index (χ0n) is 6.18. The molecule has 0 aliphatic heterocycles. The standard InChI is InChI=1S/CH4N2S.CH4O3S.CH4O/c2-1(3)4;1-5(2,3)4;1-2/h(H4,2,3,4);1H3,(H,2,3,4);2H,1H3. The molecule has 70 valence electrons. The Labute approximate surface area is 70.9 Å². The van der Waals surface area contributed by atoms with Gasteiger partial charge in [0.2, 0.25) is 0 Å². The summed E-state index contributed by atoms with van der Waals surface area (Å²) in [7, 11) is -2.67. The summed E-state index contributed by atoms with van der Waals surface area (Å²) in [6.07, 6.45) is 0.715. The minimum absolute atomic E-state index is 0.000000000000000222. The van der Waals surface area contributed by atoms with E-state index in [9.17, 15) is 8.42 Å². The molecule has 0 aromatic carbocycles. The second kappa shape index (κ2) is 9.56. The van der Waals surface area contributed by atoms with Gasteiger partial charge in [-0.25, -0.2) is 0 Å². The molecule has 0 saturated carbocycles. The molecule has 0 amide bonds. The topological polar surface area (TPSA) is 127 Å². The van der Waals surface area contributed by atoms with Crippen molar-refractivity contribution in [3.8, 4) is 0 Å². The van der Waals surface area contributed by atoms with Crippen LogP contribution in [0.15, 0.2) is 0 Å². The van der Waals surface area contributed by atoms with Gasteiger partial charge in [0.15, 0.2) is 5.11 Å². The second-order valence-corrected chi connectivity index (χ2v) is 3.07. The molecule has 0 saturated heterocycles. The van der Waals surface area contributed by atoms with Crippen molar-refractivity contribution in [3.63, 3.8) is 0 Å². The fraction of sp³-hybridized carbons (Fsp3) is 0.667. The summed E-state index contributed by atoms with van der Waals surface area (Å²) in [6, 6.07) is 0. The molecule has 0 aliphatic carbocycles. The first-order valence-corrected chi connectivity index (χ1v) is 4.41. The summed E-state index contributed by atoms with van der Waals surface area (Å²) in [4.78, 5) is 0. The lowest BCUT2D eigenvalue weighted by Crippen LogP contribution is -2.18. The molecular formula is C3H12N2O4S2. The summed E-state index contributed by atoms with van der Waals surface area (Å²) in [5.74, 6) is 0. The van der Waals surface area contributed by atoms with E-state index in [-0.39, 0.29) is 5.11 Å². The van der Waals surface area contributed by atoms with Gasteiger partial charge in [-0.3, -0.25) is 4.55 Å². The summed E-state index contributed by atoms with van der Waals surface area (Å²) in [6.45, 7) is 0. The van der Waals surface area contributed by atoms with Crippen molar-refractivity contribution in [2.75, 3.05) is 13.4 Å². The zero-order valence-corrected chi connectivity index (χ0v) is 7.82. The van der Waals surface area contributed by atoms with Crippen molar-refractivity contribution in [2.24, 2.45) is 11.5 Å². The van der Waals surface area contributed by atoms with Crippen LogP contribution in [0.1, 0.15) is 0 Å². The lowest BCUT2D eigenvalue weighted by Gasteiger charge is -1.69. The molecule has 0 spiro atoms. The Morgan fingerprint density at radius 3 is 1.36 bits per heavy atom. The third-order valence-corrected chi connectivity index (χ3v) is 0. The van der Waals surface area contributed by atoms with E-state index in [0.29, 0.717) is 6.26 Å². The molecule has 0 atom stereocenters.